The lowest BCUT2D eigenvalue weighted by Gasteiger charge is -2.37. The maximum Gasteiger partial charge on any atom is 0.409 e. The summed E-state index contributed by atoms with van der Waals surface area (Å²) in [5.74, 6) is -0.787. The normalized spacial score (nSPS) is 20.8. The third-order valence-corrected chi connectivity index (χ3v) is 6.55. The van der Waals surface area contributed by atoms with E-state index < -0.39 is 12.0 Å². The van der Waals surface area contributed by atoms with Crippen molar-refractivity contribution in [1.29, 1.82) is 5.26 Å². The molecule has 2 fully saturated rings. The van der Waals surface area contributed by atoms with E-state index >= 15 is 0 Å². The van der Waals surface area contributed by atoms with Crippen LogP contribution in [0.25, 0.3) is 0 Å². The number of piperidine rings is 1. The van der Waals surface area contributed by atoms with Crippen LogP contribution < -0.4 is 11.1 Å². The average molecular weight is 467 g/mol. The molecule has 2 heterocycles. The number of nitrogens with zero attached hydrogens (tertiary/aromatic N) is 4. The number of nitrogens with one attached hydrogen (secondary N) is 1. The summed E-state index contributed by atoms with van der Waals surface area (Å²) in [6, 6.07) is 7.53. The molecule has 0 radical (unpaired) electrons. The van der Waals surface area contributed by atoms with E-state index in [1.54, 1.807) is 15.8 Å². The molecule has 4 rings (SSSR count). The molecule has 2 atom stereocenters. The molecule has 2 aliphatic rings. The van der Waals surface area contributed by atoms with Crippen LogP contribution in [-0.4, -0.2) is 46.4 Å². The lowest BCUT2D eigenvalue weighted by molar-refractivity contribution is 0.0617. The van der Waals surface area contributed by atoms with E-state index in [0.29, 0.717) is 31.6 Å². The molecule has 0 unspecified atom stereocenters. The topological polar surface area (TPSA) is 126 Å². The van der Waals surface area contributed by atoms with Gasteiger partial charge in [0.15, 0.2) is 5.82 Å². The predicted molar refractivity (Wildman–Crippen MR) is 123 cm³/mol. The SMILES string of the molecule is C=C[C@@H]1CCN(C(=O)OCC2(CC#N)CC2)C[C@H]1n1cc(C(N)=O)c(Nc2ccc(F)cc2)n1. The second-order valence-corrected chi connectivity index (χ2v) is 8.96. The molecule has 9 nitrogen and oxygen atoms in total. The highest BCUT2D eigenvalue weighted by atomic mass is 19.1. The molecule has 2 aromatic rings. The fourth-order valence-electron chi connectivity index (χ4n) is 4.20. The minimum absolute atomic E-state index is 0.0108. The van der Waals surface area contributed by atoms with E-state index in [0.717, 1.165) is 12.8 Å². The van der Waals surface area contributed by atoms with Crippen molar-refractivity contribution in [3.05, 3.63) is 54.5 Å². The Morgan fingerprint density at radius 3 is 2.74 bits per heavy atom. The van der Waals surface area contributed by atoms with Gasteiger partial charge in [-0.25, -0.2) is 9.18 Å². The first-order chi connectivity index (χ1) is 16.3. The van der Waals surface area contributed by atoms with Gasteiger partial charge in [-0.3, -0.25) is 9.48 Å². The number of rotatable bonds is 8. The number of anilines is 2. The van der Waals surface area contributed by atoms with Gasteiger partial charge in [-0.2, -0.15) is 10.4 Å². The van der Waals surface area contributed by atoms with Crippen molar-refractivity contribution in [2.24, 2.45) is 17.1 Å². The molecule has 0 spiro atoms. The number of benzene rings is 1. The molecule has 0 bridgehead atoms. The molecule has 1 aliphatic carbocycles. The number of allylic oxidation sites excluding steroid dienone is 1. The van der Waals surface area contributed by atoms with Crippen LogP contribution >= 0.6 is 0 Å². The van der Waals surface area contributed by atoms with Gasteiger partial charge in [0, 0.05) is 42.7 Å². The number of carbonyl (C=O) groups is 2. The van der Waals surface area contributed by atoms with Gasteiger partial charge < -0.3 is 20.7 Å². The van der Waals surface area contributed by atoms with Gasteiger partial charge in [-0.05, 0) is 43.5 Å². The summed E-state index contributed by atoms with van der Waals surface area (Å²) in [5.41, 5.74) is 6.11. The van der Waals surface area contributed by atoms with Crippen LogP contribution in [0.4, 0.5) is 20.7 Å². The van der Waals surface area contributed by atoms with Crippen molar-refractivity contribution < 1.29 is 18.7 Å². The number of likely N-dealkylation sites (tertiary alicyclic amines) is 1. The molecule has 178 valence electrons. The summed E-state index contributed by atoms with van der Waals surface area (Å²) < 4.78 is 20.4. The molecule has 1 aliphatic heterocycles. The van der Waals surface area contributed by atoms with Crippen LogP contribution in [0.5, 0.6) is 0 Å². The number of amides is 2. The van der Waals surface area contributed by atoms with Crippen LogP contribution in [0.15, 0.2) is 43.1 Å². The monoisotopic (exact) mass is 466 g/mol. The number of hydrogen-bond acceptors (Lipinski definition) is 6. The van der Waals surface area contributed by atoms with Crippen molar-refractivity contribution >= 4 is 23.5 Å². The molecule has 1 aromatic heterocycles. The molecule has 1 aromatic carbocycles. The number of hydrogen-bond donors (Lipinski definition) is 2. The third-order valence-electron chi connectivity index (χ3n) is 6.55. The molecular weight excluding hydrogens is 439 g/mol. The molecule has 34 heavy (non-hydrogen) atoms. The van der Waals surface area contributed by atoms with Gasteiger partial charge in [0.1, 0.15) is 11.4 Å². The summed E-state index contributed by atoms with van der Waals surface area (Å²) in [6.45, 7) is 4.98. The van der Waals surface area contributed by atoms with E-state index in [9.17, 15) is 14.0 Å². The minimum atomic E-state index is -0.662. The number of primary amides is 1. The van der Waals surface area contributed by atoms with Crippen LogP contribution in [0, 0.1) is 28.5 Å². The van der Waals surface area contributed by atoms with Gasteiger partial charge in [-0.1, -0.05) is 6.08 Å². The van der Waals surface area contributed by atoms with E-state index in [1.165, 1.54) is 24.3 Å². The average Bonchev–Trinajstić information content (AvgIpc) is 3.47. The summed E-state index contributed by atoms with van der Waals surface area (Å²) in [6.07, 6.45) is 5.76. The lowest BCUT2D eigenvalue weighted by Crippen LogP contribution is -2.45. The van der Waals surface area contributed by atoms with Gasteiger partial charge in [-0.15, -0.1) is 6.58 Å². The van der Waals surface area contributed by atoms with E-state index in [-0.39, 0.29) is 41.2 Å². The number of ether oxygens (including phenoxy) is 1. The Balaban J connectivity index is 1.50. The van der Waals surface area contributed by atoms with Gasteiger partial charge in [0.25, 0.3) is 5.91 Å². The zero-order chi connectivity index (χ0) is 24.3. The third kappa shape index (κ3) is 5.03. The first-order valence-electron chi connectivity index (χ1n) is 11.2. The van der Waals surface area contributed by atoms with Gasteiger partial charge in [0.05, 0.1) is 18.7 Å². The van der Waals surface area contributed by atoms with Crippen molar-refractivity contribution in [3.63, 3.8) is 0 Å². The largest absolute Gasteiger partial charge is 0.449 e. The molecule has 1 saturated carbocycles. The number of nitriles is 1. The Bertz CT molecular complexity index is 1120. The van der Waals surface area contributed by atoms with E-state index in [4.69, 9.17) is 15.7 Å². The highest BCUT2D eigenvalue weighted by molar-refractivity contribution is 5.98. The molecule has 1 saturated heterocycles. The maximum absolute atomic E-state index is 13.2. The smallest absolute Gasteiger partial charge is 0.409 e. The van der Waals surface area contributed by atoms with Crippen LogP contribution in [-0.2, 0) is 4.74 Å². The Kier molecular flexibility index (Phi) is 6.54. The summed E-state index contributed by atoms with van der Waals surface area (Å²) >= 11 is 0. The zero-order valence-corrected chi connectivity index (χ0v) is 18.7. The fourth-order valence-corrected chi connectivity index (χ4v) is 4.20. The van der Waals surface area contributed by atoms with Crippen molar-refractivity contribution in [2.45, 2.75) is 31.7 Å². The quantitative estimate of drug-likeness (QED) is 0.571. The zero-order valence-electron chi connectivity index (χ0n) is 18.7. The molecule has 10 heteroatoms. The fraction of sp³-hybridized carbons (Fsp3) is 0.417. The number of nitrogens with two attached hydrogens (primary N) is 1. The molecule has 2 amide bonds. The van der Waals surface area contributed by atoms with E-state index in [1.807, 2.05) is 6.08 Å². The summed E-state index contributed by atoms with van der Waals surface area (Å²) in [5, 5.41) is 16.5. The van der Waals surface area contributed by atoms with Crippen molar-refractivity contribution in [1.82, 2.24) is 14.7 Å². The maximum atomic E-state index is 13.2. The molecular formula is C24H27FN6O3. The van der Waals surface area contributed by atoms with Crippen LogP contribution in [0.1, 0.15) is 42.1 Å². The minimum Gasteiger partial charge on any atom is -0.449 e. The highest BCUT2D eigenvalue weighted by Crippen LogP contribution is 2.48. The highest BCUT2D eigenvalue weighted by Gasteiger charge is 2.44. The Morgan fingerprint density at radius 1 is 1.38 bits per heavy atom. The number of aromatic nitrogens is 2. The van der Waals surface area contributed by atoms with Crippen molar-refractivity contribution in [2.75, 3.05) is 25.0 Å². The predicted octanol–water partition coefficient (Wildman–Crippen LogP) is 3.74. The first kappa shape index (κ1) is 23.3. The second kappa shape index (κ2) is 9.55. The van der Waals surface area contributed by atoms with E-state index in [2.05, 4.69) is 23.1 Å². The first-order valence-corrected chi connectivity index (χ1v) is 11.2. The lowest BCUT2D eigenvalue weighted by atomic mass is 9.92. The van der Waals surface area contributed by atoms with Gasteiger partial charge >= 0.3 is 6.09 Å². The summed E-state index contributed by atoms with van der Waals surface area (Å²) in [4.78, 5) is 26.4. The van der Waals surface area contributed by atoms with Crippen LogP contribution in [0.2, 0.25) is 0 Å². The van der Waals surface area contributed by atoms with Crippen LogP contribution in [0.3, 0.4) is 0 Å². The standard InChI is InChI=1S/C24H27FN6O3/c1-2-16-7-12-30(23(33)34-15-24(8-9-24)10-11-26)14-20(16)31-13-19(21(27)32)22(29-31)28-18-5-3-17(25)4-6-18/h2-6,13,16,20H,1,7-10,12,14-15H2,(H2,27,32)(H,28,29)/t16-,20-/m1/s1. The second-order valence-electron chi connectivity index (χ2n) is 8.96. The number of halogens is 1. The number of carbonyl (C=O) groups excluding carboxylic acids is 2. The Hall–Kier alpha value is -3.87. The Morgan fingerprint density at radius 2 is 2.12 bits per heavy atom. The van der Waals surface area contributed by atoms with Crippen molar-refractivity contribution in [3.8, 4) is 6.07 Å². The Labute approximate surface area is 197 Å². The van der Waals surface area contributed by atoms with Gasteiger partial charge in [0.2, 0.25) is 0 Å². The summed E-state index contributed by atoms with van der Waals surface area (Å²) in [7, 11) is 0. The molecule has 3 N–H and O–H groups in total.